The second-order valence-electron chi connectivity index (χ2n) is 15.3. The fourth-order valence-corrected chi connectivity index (χ4v) is 11.0. The summed E-state index contributed by atoms with van der Waals surface area (Å²) >= 11 is 0. The van der Waals surface area contributed by atoms with Crippen LogP contribution < -0.4 is 0 Å². The Balaban J connectivity index is 1.65. The molecule has 0 aromatic carbocycles. The maximum absolute atomic E-state index is 7.06. The van der Waals surface area contributed by atoms with Crippen LogP contribution in [0.4, 0.5) is 0 Å². The molecule has 0 spiro atoms. The maximum atomic E-state index is 7.06. The van der Waals surface area contributed by atoms with Crippen molar-refractivity contribution in [2.24, 2.45) is 34.5 Å². The topological polar surface area (TPSA) is 27.7 Å². The first-order valence-electron chi connectivity index (χ1n) is 13.9. The number of hydrogen-bond donors (Lipinski definition) is 0. The highest BCUT2D eigenvalue weighted by Crippen LogP contribution is 2.67. The second-order valence-corrected chi connectivity index (χ2v) is 28.6. The molecule has 0 bridgehead atoms. The van der Waals surface area contributed by atoms with Gasteiger partial charge in [-0.05, 0) is 132 Å². The van der Waals surface area contributed by atoms with Crippen LogP contribution >= 0.6 is 0 Å². The third-order valence-corrected chi connectivity index (χ3v) is 11.9. The smallest absolute Gasteiger partial charge is 0.241 e. The van der Waals surface area contributed by atoms with Crippen molar-refractivity contribution in [2.75, 3.05) is 0 Å². The summed E-state index contributed by atoms with van der Waals surface area (Å²) < 4.78 is 20.3. The predicted octanol–water partition coefficient (Wildman–Crippen LogP) is 8.55. The number of hydrogen-bond acceptors (Lipinski definition) is 3. The lowest BCUT2D eigenvalue weighted by molar-refractivity contribution is -0.137. The highest BCUT2D eigenvalue weighted by Gasteiger charge is 2.61. The summed E-state index contributed by atoms with van der Waals surface area (Å²) in [6.07, 6.45) is 12.6. The van der Waals surface area contributed by atoms with Gasteiger partial charge in [0.1, 0.15) is 0 Å². The molecule has 0 aliphatic heterocycles. The van der Waals surface area contributed by atoms with E-state index >= 15 is 0 Å². The van der Waals surface area contributed by atoms with Gasteiger partial charge in [0, 0.05) is 17.9 Å². The summed E-state index contributed by atoms with van der Waals surface area (Å²) in [6, 6.07) is 0. The van der Waals surface area contributed by atoms with Crippen molar-refractivity contribution in [1.82, 2.24) is 0 Å². The summed E-state index contributed by atoms with van der Waals surface area (Å²) in [5.41, 5.74) is 0.522. The largest absolute Gasteiger partial charge is 0.548 e. The van der Waals surface area contributed by atoms with Crippen LogP contribution in [0.25, 0.3) is 0 Å². The standard InChI is InChI=1S/C28H52O3Si3/c1-27-16-14-20(29-32(3,4)5)18-24(27)25(30-33(6,7)8)19-21-22-12-13-26(31-34(9,10)11)28(22,2)17-15-23(21)27/h13-14,21-25H,12,15-19H2,1-11H3/t21?,22?,23?,24-,25+,27+,28-/m0/s1. The molecule has 0 amide bonds. The Hall–Kier alpha value is -0.309. The van der Waals surface area contributed by atoms with Crippen LogP contribution in [-0.2, 0) is 13.3 Å². The van der Waals surface area contributed by atoms with Crippen LogP contribution in [0.15, 0.2) is 23.7 Å². The van der Waals surface area contributed by atoms with Crippen molar-refractivity contribution in [1.29, 1.82) is 0 Å². The number of rotatable bonds is 6. The van der Waals surface area contributed by atoms with E-state index in [1.54, 1.807) is 0 Å². The van der Waals surface area contributed by atoms with Crippen molar-refractivity contribution in [3.63, 3.8) is 0 Å². The Morgan fingerprint density at radius 2 is 1.44 bits per heavy atom. The molecule has 0 aromatic rings. The Labute approximate surface area is 213 Å². The Morgan fingerprint density at radius 3 is 2.03 bits per heavy atom. The molecule has 34 heavy (non-hydrogen) atoms. The van der Waals surface area contributed by atoms with Crippen molar-refractivity contribution in [2.45, 2.75) is 117 Å². The van der Waals surface area contributed by atoms with Crippen LogP contribution in [0.3, 0.4) is 0 Å². The molecular formula is C28H52O3Si3. The summed E-state index contributed by atoms with van der Waals surface area (Å²) in [7, 11) is -4.87. The lowest BCUT2D eigenvalue weighted by Gasteiger charge is -2.62. The highest BCUT2D eigenvalue weighted by atomic mass is 28.4. The third-order valence-electron chi connectivity index (χ3n) is 9.14. The lowest BCUT2D eigenvalue weighted by atomic mass is 9.45. The summed E-state index contributed by atoms with van der Waals surface area (Å²) in [5.74, 6) is 5.38. The van der Waals surface area contributed by atoms with E-state index in [-0.39, 0.29) is 5.41 Å². The van der Waals surface area contributed by atoms with Crippen LogP contribution in [0.5, 0.6) is 0 Å². The van der Waals surface area contributed by atoms with E-state index in [2.05, 4.69) is 84.9 Å². The van der Waals surface area contributed by atoms with Gasteiger partial charge in [0.05, 0.1) is 11.5 Å². The van der Waals surface area contributed by atoms with Crippen LogP contribution in [-0.4, -0.2) is 31.1 Å². The highest BCUT2D eigenvalue weighted by molar-refractivity contribution is 6.70. The maximum Gasteiger partial charge on any atom is 0.241 e. The minimum absolute atomic E-state index is 0.213. The molecule has 0 heterocycles. The minimum Gasteiger partial charge on any atom is -0.548 e. The van der Waals surface area contributed by atoms with E-state index in [4.69, 9.17) is 13.3 Å². The molecule has 4 aliphatic carbocycles. The van der Waals surface area contributed by atoms with Gasteiger partial charge in [-0.3, -0.25) is 0 Å². The van der Waals surface area contributed by atoms with Crippen molar-refractivity contribution in [3.8, 4) is 0 Å². The molecule has 7 atom stereocenters. The summed E-state index contributed by atoms with van der Waals surface area (Å²) in [6.45, 7) is 26.2. The van der Waals surface area contributed by atoms with Crippen molar-refractivity contribution < 1.29 is 13.3 Å². The molecule has 2 saturated carbocycles. The first-order chi connectivity index (χ1) is 15.4. The zero-order valence-corrected chi connectivity index (χ0v) is 27.0. The van der Waals surface area contributed by atoms with Crippen molar-refractivity contribution >= 4 is 25.0 Å². The van der Waals surface area contributed by atoms with Gasteiger partial charge in [-0.2, -0.15) is 0 Å². The molecule has 194 valence electrons. The summed E-state index contributed by atoms with van der Waals surface area (Å²) in [5, 5.41) is 0. The first-order valence-corrected chi connectivity index (χ1v) is 24.1. The Morgan fingerprint density at radius 1 is 0.794 bits per heavy atom. The molecule has 3 unspecified atom stereocenters. The van der Waals surface area contributed by atoms with E-state index in [9.17, 15) is 0 Å². The fraction of sp³-hybridized carbons (Fsp3) is 0.857. The van der Waals surface area contributed by atoms with Gasteiger partial charge in [-0.15, -0.1) is 0 Å². The number of fused-ring (bicyclic) bond motifs is 5. The monoisotopic (exact) mass is 520 g/mol. The molecule has 4 rings (SSSR count). The molecule has 6 heteroatoms. The average molecular weight is 521 g/mol. The zero-order chi connectivity index (χ0) is 25.3. The van der Waals surface area contributed by atoms with Crippen LogP contribution in [0, 0.1) is 34.5 Å². The molecule has 0 N–H and O–H groups in total. The molecular weight excluding hydrogens is 469 g/mol. The third kappa shape index (κ3) is 5.21. The Kier molecular flexibility index (Phi) is 6.79. The molecule has 4 aliphatic rings. The van der Waals surface area contributed by atoms with E-state index in [0.29, 0.717) is 23.4 Å². The molecule has 0 aromatic heterocycles. The predicted molar refractivity (Wildman–Crippen MR) is 151 cm³/mol. The molecule has 0 radical (unpaired) electrons. The lowest BCUT2D eigenvalue weighted by Crippen LogP contribution is -2.58. The molecule has 0 saturated heterocycles. The normalized spacial score (nSPS) is 40.5. The van der Waals surface area contributed by atoms with E-state index in [0.717, 1.165) is 24.7 Å². The van der Waals surface area contributed by atoms with Gasteiger partial charge in [0.15, 0.2) is 8.32 Å². The molecule has 2 fully saturated rings. The van der Waals surface area contributed by atoms with E-state index in [1.807, 2.05) is 0 Å². The zero-order valence-electron chi connectivity index (χ0n) is 24.0. The molecule has 3 nitrogen and oxygen atoms in total. The van der Waals surface area contributed by atoms with Gasteiger partial charge >= 0.3 is 0 Å². The average Bonchev–Trinajstić information content (AvgIpc) is 2.95. The first kappa shape index (κ1) is 26.7. The van der Waals surface area contributed by atoms with Gasteiger partial charge in [-0.25, -0.2) is 0 Å². The SMILES string of the molecule is C[C@]12CCC3C(C[C@@H](O[Si](C)(C)C)[C@@H]4CC(O[Si](C)(C)C)=CC[C@]34C)C1CC=C2O[Si](C)(C)C. The van der Waals surface area contributed by atoms with Gasteiger partial charge in [0.2, 0.25) is 16.6 Å². The van der Waals surface area contributed by atoms with Crippen LogP contribution in [0.1, 0.15) is 52.4 Å². The van der Waals surface area contributed by atoms with Gasteiger partial charge in [0.25, 0.3) is 0 Å². The van der Waals surface area contributed by atoms with E-state index < -0.39 is 25.0 Å². The number of allylic oxidation sites excluding steroid dienone is 4. The summed E-state index contributed by atoms with van der Waals surface area (Å²) in [4.78, 5) is 0. The Bertz CT molecular complexity index is 846. The van der Waals surface area contributed by atoms with Gasteiger partial charge < -0.3 is 13.3 Å². The minimum atomic E-state index is -1.66. The van der Waals surface area contributed by atoms with E-state index in [1.165, 1.54) is 37.2 Å². The quantitative estimate of drug-likeness (QED) is 0.328. The van der Waals surface area contributed by atoms with Crippen molar-refractivity contribution in [3.05, 3.63) is 23.7 Å². The van der Waals surface area contributed by atoms with Gasteiger partial charge in [-0.1, -0.05) is 13.8 Å². The van der Waals surface area contributed by atoms with Crippen LogP contribution in [0.2, 0.25) is 58.9 Å². The fourth-order valence-electron chi connectivity index (χ4n) is 7.95. The second kappa shape index (κ2) is 8.63.